The second-order valence-electron chi connectivity index (χ2n) is 6.91. The van der Waals surface area contributed by atoms with Crippen LogP contribution >= 0.6 is 0 Å². The number of hydrogen-bond acceptors (Lipinski definition) is 4. The molecule has 21 heavy (non-hydrogen) atoms. The summed E-state index contributed by atoms with van der Waals surface area (Å²) < 4.78 is 0. The fourth-order valence-electron chi connectivity index (χ4n) is 3.76. The first-order valence-electron chi connectivity index (χ1n) is 8.46. The van der Waals surface area contributed by atoms with Crippen molar-refractivity contribution in [2.45, 2.75) is 70.0 Å². The Labute approximate surface area is 128 Å². The van der Waals surface area contributed by atoms with Gasteiger partial charge in [0.2, 0.25) is 0 Å². The van der Waals surface area contributed by atoms with Gasteiger partial charge in [0.25, 0.3) is 0 Å². The molecular formula is C16H31N3O2. The summed E-state index contributed by atoms with van der Waals surface area (Å²) in [4.78, 5) is 16.4. The summed E-state index contributed by atoms with van der Waals surface area (Å²) in [5, 5.41) is 9.23. The van der Waals surface area contributed by atoms with Crippen molar-refractivity contribution in [3.8, 4) is 0 Å². The molecule has 122 valence electrons. The smallest absolute Gasteiger partial charge is 0.323 e. The minimum Gasteiger partial charge on any atom is -0.480 e. The number of fused-ring (bicyclic) bond motifs is 1. The number of piperazine rings is 1. The van der Waals surface area contributed by atoms with Crippen LogP contribution in [0.2, 0.25) is 0 Å². The second kappa shape index (κ2) is 7.07. The van der Waals surface area contributed by atoms with Crippen molar-refractivity contribution >= 4 is 5.97 Å². The van der Waals surface area contributed by atoms with Crippen LogP contribution < -0.4 is 5.73 Å². The van der Waals surface area contributed by atoms with Crippen molar-refractivity contribution in [2.75, 3.05) is 26.2 Å². The Morgan fingerprint density at radius 3 is 2.81 bits per heavy atom. The van der Waals surface area contributed by atoms with Crippen molar-refractivity contribution in [2.24, 2.45) is 5.73 Å². The SMILES string of the molecule is CCC(N)(CCCN1CC2CCCCN2CC1C)C(=O)O. The molecule has 3 atom stereocenters. The minimum atomic E-state index is -1.05. The van der Waals surface area contributed by atoms with Gasteiger partial charge in [-0.1, -0.05) is 13.3 Å². The van der Waals surface area contributed by atoms with Gasteiger partial charge in [0.1, 0.15) is 5.54 Å². The zero-order chi connectivity index (χ0) is 15.5. The van der Waals surface area contributed by atoms with E-state index in [4.69, 9.17) is 5.73 Å². The Morgan fingerprint density at radius 1 is 1.38 bits per heavy atom. The summed E-state index contributed by atoms with van der Waals surface area (Å²) in [7, 11) is 0. The van der Waals surface area contributed by atoms with Gasteiger partial charge in [0, 0.05) is 25.2 Å². The number of rotatable bonds is 6. The average Bonchev–Trinajstić information content (AvgIpc) is 2.47. The largest absolute Gasteiger partial charge is 0.480 e. The van der Waals surface area contributed by atoms with E-state index in [1.807, 2.05) is 6.92 Å². The van der Waals surface area contributed by atoms with Crippen molar-refractivity contribution in [3.05, 3.63) is 0 Å². The van der Waals surface area contributed by atoms with Crippen molar-refractivity contribution in [1.29, 1.82) is 0 Å². The molecular weight excluding hydrogens is 266 g/mol. The van der Waals surface area contributed by atoms with Gasteiger partial charge in [-0.2, -0.15) is 0 Å². The molecule has 3 N–H and O–H groups in total. The molecule has 2 saturated heterocycles. The van der Waals surface area contributed by atoms with E-state index in [1.165, 1.54) is 25.8 Å². The summed E-state index contributed by atoms with van der Waals surface area (Å²) in [6.07, 6.45) is 5.94. The number of carboxylic acids is 1. The topological polar surface area (TPSA) is 69.8 Å². The molecule has 2 aliphatic heterocycles. The lowest BCUT2D eigenvalue weighted by Crippen LogP contribution is -2.58. The highest BCUT2D eigenvalue weighted by molar-refractivity contribution is 5.78. The van der Waals surface area contributed by atoms with Crippen LogP contribution in [-0.4, -0.2) is 64.7 Å². The lowest BCUT2D eigenvalue weighted by Gasteiger charge is -2.47. The normalized spacial score (nSPS) is 30.6. The van der Waals surface area contributed by atoms with Crippen LogP contribution in [0, 0.1) is 0 Å². The van der Waals surface area contributed by atoms with Gasteiger partial charge in [0.15, 0.2) is 0 Å². The molecule has 0 spiro atoms. The predicted molar refractivity (Wildman–Crippen MR) is 84.3 cm³/mol. The number of carboxylic acid groups (broad SMARTS) is 1. The maximum absolute atomic E-state index is 11.2. The number of piperidine rings is 1. The van der Waals surface area contributed by atoms with Crippen LogP contribution in [0.25, 0.3) is 0 Å². The van der Waals surface area contributed by atoms with Gasteiger partial charge >= 0.3 is 5.97 Å². The molecule has 5 heteroatoms. The molecule has 2 rings (SSSR count). The third-order valence-electron chi connectivity index (χ3n) is 5.44. The number of aliphatic carboxylic acids is 1. The highest BCUT2D eigenvalue weighted by Gasteiger charge is 2.34. The summed E-state index contributed by atoms with van der Waals surface area (Å²) >= 11 is 0. The number of hydrogen-bond donors (Lipinski definition) is 2. The zero-order valence-electron chi connectivity index (χ0n) is 13.6. The number of carbonyl (C=O) groups is 1. The molecule has 0 aromatic carbocycles. The zero-order valence-corrected chi connectivity index (χ0v) is 13.6. The summed E-state index contributed by atoms with van der Waals surface area (Å²) in [6, 6.07) is 1.28. The molecule has 0 aromatic heterocycles. The van der Waals surface area contributed by atoms with E-state index in [9.17, 15) is 9.90 Å². The summed E-state index contributed by atoms with van der Waals surface area (Å²) in [5.74, 6) is -0.866. The van der Waals surface area contributed by atoms with Gasteiger partial charge in [-0.15, -0.1) is 0 Å². The van der Waals surface area contributed by atoms with Gasteiger partial charge < -0.3 is 10.8 Å². The summed E-state index contributed by atoms with van der Waals surface area (Å²) in [6.45, 7) is 8.67. The number of nitrogens with zero attached hydrogens (tertiary/aromatic N) is 2. The quantitative estimate of drug-likeness (QED) is 0.778. The Bertz CT molecular complexity index is 363. The van der Waals surface area contributed by atoms with E-state index >= 15 is 0 Å². The Hall–Kier alpha value is -0.650. The molecule has 3 unspecified atom stereocenters. The summed E-state index contributed by atoms with van der Waals surface area (Å²) in [5.41, 5.74) is 4.92. The molecule has 2 heterocycles. The van der Waals surface area contributed by atoms with Crippen LogP contribution in [0.1, 0.15) is 52.4 Å². The average molecular weight is 297 g/mol. The van der Waals surface area contributed by atoms with Crippen molar-refractivity contribution in [1.82, 2.24) is 9.80 Å². The molecule has 0 radical (unpaired) electrons. The van der Waals surface area contributed by atoms with E-state index in [1.54, 1.807) is 0 Å². The molecule has 0 saturated carbocycles. The first-order valence-corrected chi connectivity index (χ1v) is 8.46. The Balaban J connectivity index is 1.81. The van der Waals surface area contributed by atoms with E-state index < -0.39 is 11.5 Å². The molecule has 0 bridgehead atoms. The van der Waals surface area contributed by atoms with E-state index in [0.29, 0.717) is 24.9 Å². The number of nitrogens with two attached hydrogens (primary N) is 1. The van der Waals surface area contributed by atoms with E-state index in [2.05, 4.69) is 16.7 Å². The van der Waals surface area contributed by atoms with Crippen LogP contribution in [0.4, 0.5) is 0 Å². The molecule has 5 nitrogen and oxygen atoms in total. The van der Waals surface area contributed by atoms with Gasteiger partial charge in [-0.05, 0) is 52.1 Å². The lowest BCUT2D eigenvalue weighted by atomic mass is 9.91. The fourth-order valence-corrected chi connectivity index (χ4v) is 3.76. The van der Waals surface area contributed by atoms with Crippen LogP contribution in [0.15, 0.2) is 0 Å². The Morgan fingerprint density at radius 2 is 2.14 bits per heavy atom. The highest BCUT2D eigenvalue weighted by atomic mass is 16.4. The maximum Gasteiger partial charge on any atom is 0.323 e. The maximum atomic E-state index is 11.2. The van der Waals surface area contributed by atoms with Crippen molar-refractivity contribution < 1.29 is 9.90 Å². The lowest BCUT2D eigenvalue weighted by molar-refractivity contribution is -0.143. The fraction of sp³-hybridized carbons (Fsp3) is 0.938. The van der Waals surface area contributed by atoms with E-state index in [-0.39, 0.29) is 0 Å². The highest BCUT2D eigenvalue weighted by Crippen LogP contribution is 2.24. The minimum absolute atomic E-state index is 0.494. The Kier molecular flexibility index (Phi) is 5.63. The molecule has 2 aliphatic rings. The van der Waals surface area contributed by atoms with Crippen LogP contribution in [0.3, 0.4) is 0 Å². The van der Waals surface area contributed by atoms with Gasteiger partial charge in [-0.3, -0.25) is 14.6 Å². The van der Waals surface area contributed by atoms with E-state index in [0.717, 1.165) is 26.1 Å². The third-order valence-corrected chi connectivity index (χ3v) is 5.44. The molecule has 0 aromatic rings. The molecule has 0 aliphatic carbocycles. The molecule has 0 amide bonds. The first-order chi connectivity index (χ1) is 9.96. The molecule has 2 fully saturated rings. The third kappa shape index (κ3) is 3.96. The van der Waals surface area contributed by atoms with Crippen LogP contribution in [-0.2, 0) is 4.79 Å². The monoisotopic (exact) mass is 297 g/mol. The van der Waals surface area contributed by atoms with Crippen LogP contribution in [0.5, 0.6) is 0 Å². The second-order valence-corrected chi connectivity index (χ2v) is 6.91. The standard InChI is InChI=1S/C16H31N3O2/c1-3-16(17,15(20)21)8-6-10-18-12-14-7-4-5-9-19(14)11-13(18)2/h13-14H,3-12,17H2,1-2H3,(H,20,21). The van der Waals surface area contributed by atoms with Gasteiger partial charge in [0.05, 0.1) is 0 Å². The van der Waals surface area contributed by atoms with Gasteiger partial charge in [-0.25, -0.2) is 0 Å². The first kappa shape index (κ1) is 16.7. The van der Waals surface area contributed by atoms with Crippen molar-refractivity contribution in [3.63, 3.8) is 0 Å². The predicted octanol–water partition coefficient (Wildman–Crippen LogP) is 1.52.